The molecule has 6 heteroatoms. The summed E-state index contributed by atoms with van der Waals surface area (Å²) in [7, 11) is 0. The van der Waals surface area contributed by atoms with Gasteiger partial charge in [0, 0.05) is 25.0 Å². The number of likely N-dealkylation sites (tertiary alicyclic amines) is 1. The summed E-state index contributed by atoms with van der Waals surface area (Å²) in [5, 5.41) is 0. The van der Waals surface area contributed by atoms with Crippen molar-refractivity contribution in [3.8, 4) is 11.5 Å². The fraction of sp³-hybridized carbons (Fsp3) is 0.333. The first kappa shape index (κ1) is 17.8. The van der Waals surface area contributed by atoms with Gasteiger partial charge in [-0.2, -0.15) is 0 Å². The molecule has 0 radical (unpaired) electrons. The highest BCUT2D eigenvalue weighted by molar-refractivity contribution is 5.54. The number of hydrogen-bond acceptors (Lipinski definition) is 4. The van der Waals surface area contributed by atoms with E-state index in [0.717, 1.165) is 31.1 Å². The molecule has 2 aromatic heterocycles. The van der Waals surface area contributed by atoms with Gasteiger partial charge in [0.2, 0.25) is 5.89 Å². The molecule has 3 aromatic rings. The Morgan fingerprint density at radius 3 is 2.89 bits per heavy atom. The van der Waals surface area contributed by atoms with Gasteiger partial charge in [0.1, 0.15) is 5.76 Å². The van der Waals surface area contributed by atoms with E-state index in [1.54, 1.807) is 6.20 Å². The third-order valence-corrected chi connectivity index (χ3v) is 5.11. The Morgan fingerprint density at radius 1 is 1.19 bits per heavy atom. The van der Waals surface area contributed by atoms with E-state index in [1.165, 1.54) is 24.1 Å². The van der Waals surface area contributed by atoms with Crippen LogP contribution in [0.4, 0.5) is 8.78 Å². The average Bonchev–Trinajstić information content (AvgIpc) is 3.05. The molecule has 4 rings (SSSR count). The summed E-state index contributed by atoms with van der Waals surface area (Å²) in [5.41, 5.74) is 1.99. The molecule has 27 heavy (non-hydrogen) atoms. The van der Waals surface area contributed by atoms with E-state index < -0.39 is 11.6 Å². The molecular formula is C21H21F2N3O. The predicted molar refractivity (Wildman–Crippen MR) is 97.8 cm³/mol. The van der Waals surface area contributed by atoms with Crippen LogP contribution in [-0.2, 0) is 6.54 Å². The lowest BCUT2D eigenvalue weighted by molar-refractivity contribution is 0.138. The van der Waals surface area contributed by atoms with Gasteiger partial charge in [-0.1, -0.05) is 18.6 Å². The van der Waals surface area contributed by atoms with Crippen LogP contribution in [-0.4, -0.2) is 21.4 Å². The van der Waals surface area contributed by atoms with Gasteiger partial charge in [0.05, 0.1) is 11.3 Å². The minimum absolute atomic E-state index is 0.0480. The molecule has 140 valence electrons. The summed E-state index contributed by atoms with van der Waals surface area (Å²) in [6, 6.07) is 8.34. The van der Waals surface area contributed by atoms with Crippen molar-refractivity contribution < 1.29 is 13.2 Å². The Balaban J connectivity index is 1.60. The van der Waals surface area contributed by atoms with Gasteiger partial charge in [0.15, 0.2) is 11.6 Å². The number of pyridine rings is 1. The molecule has 0 bridgehead atoms. The molecular weight excluding hydrogens is 348 g/mol. The maximum atomic E-state index is 14.1. The maximum Gasteiger partial charge on any atom is 0.229 e. The zero-order valence-electron chi connectivity index (χ0n) is 15.2. The summed E-state index contributed by atoms with van der Waals surface area (Å²) in [5.74, 6) is -1.09. The van der Waals surface area contributed by atoms with Crippen LogP contribution in [0, 0.1) is 18.6 Å². The molecule has 1 fully saturated rings. The van der Waals surface area contributed by atoms with Gasteiger partial charge in [-0.25, -0.2) is 13.8 Å². The lowest BCUT2D eigenvalue weighted by Crippen LogP contribution is -2.33. The van der Waals surface area contributed by atoms with Crippen molar-refractivity contribution in [3.05, 3.63) is 71.4 Å². The monoisotopic (exact) mass is 369 g/mol. The topological polar surface area (TPSA) is 42.2 Å². The Hall–Kier alpha value is -2.60. The minimum atomic E-state index is -0.934. The van der Waals surface area contributed by atoms with Crippen LogP contribution >= 0.6 is 0 Å². The number of piperidine rings is 1. The summed E-state index contributed by atoms with van der Waals surface area (Å²) in [6.07, 6.45) is 7.05. The van der Waals surface area contributed by atoms with E-state index in [4.69, 9.17) is 4.42 Å². The SMILES string of the molecule is Cc1oc(-c2cccc(F)c2F)nc1CN1CCCC[C@H]1c1cccnc1. The molecule has 1 aliphatic rings. The summed E-state index contributed by atoms with van der Waals surface area (Å²) >= 11 is 0. The van der Waals surface area contributed by atoms with Crippen LogP contribution in [0.25, 0.3) is 11.5 Å². The van der Waals surface area contributed by atoms with E-state index in [-0.39, 0.29) is 17.5 Å². The van der Waals surface area contributed by atoms with E-state index in [9.17, 15) is 8.78 Å². The molecule has 1 atom stereocenters. The van der Waals surface area contributed by atoms with E-state index in [2.05, 4.69) is 20.9 Å². The summed E-state index contributed by atoms with van der Waals surface area (Å²) in [6.45, 7) is 3.37. The number of nitrogens with zero attached hydrogens (tertiary/aromatic N) is 3. The Kier molecular flexibility index (Phi) is 4.99. The fourth-order valence-corrected chi connectivity index (χ4v) is 3.68. The lowest BCUT2D eigenvalue weighted by atomic mass is 9.96. The quantitative estimate of drug-likeness (QED) is 0.645. The van der Waals surface area contributed by atoms with Gasteiger partial charge in [-0.15, -0.1) is 0 Å². The van der Waals surface area contributed by atoms with Crippen molar-refractivity contribution >= 4 is 0 Å². The third kappa shape index (κ3) is 3.62. The first-order valence-electron chi connectivity index (χ1n) is 9.18. The smallest absolute Gasteiger partial charge is 0.229 e. The molecule has 0 spiro atoms. The van der Waals surface area contributed by atoms with Crippen LogP contribution < -0.4 is 0 Å². The highest BCUT2D eigenvalue weighted by Crippen LogP contribution is 2.33. The van der Waals surface area contributed by atoms with Crippen molar-refractivity contribution in [1.82, 2.24) is 14.9 Å². The average molecular weight is 369 g/mol. The second kappa shape index (κ2) is 7.56. The predicted octanol–water partition coefficient (Wildman–Crippen LogP) is 5.05. The van der Waals surface area contributed by atoms with E-state index in [0.29, 0.717) is 12.3 Å². The second-order valence-corrected chi connectivity index (χ2v) is 6.89. The number of halogens is 2. The van der Waals surface area contributed by atoms with Crippen LogP contribution in [0.1, 0.15) is 42.3 Å². The van der Waals surface area contributed by atoms with Crippen molar-refractivity contribution in [2.45, 2.75) is 38.8 Å². The molecule has 0 amide bonds. The highest BCUT2D eigenvalue weighted by Gasteiger charge is 2.26. The molecule has 4 nitrogen and oxygen atoms in total. The Bertz CT molecular complexity index is 926. The normalized spacial score (nSPS) is 18.0. The number of benzene rings is 1. The van der Waals surface area contributed by atoms with Gasteiger partial charge >= 0.3 is 0 Å². The first-order chi connectivity index (χ1) is 13.1. The van der Waals surface area contributed by atoms with Gasteiger partial charge < -0.3 is 4.42 Å². The van der Waals surface area contributed by atoms with Crippen molar-refractivity contribution in [2.75, 3.05) is 6.54 Å². The molecule has 0 saturated carbocycles. The summed E-state index contributed by atoms with van der Waals surface area (Å²) < 4.78 is 33.3. The second-order valence-electron chi connectivity index (χ2n) is 6.89. The van der Waals surface area contributed by atoms with Crippen LogP contribution in [0.3, 0.4) is 0 Å². The molecule has 1 saturated heterocycles. The minimum Gasteiger partial charge on any atom is -0.441 e. The van der Waals surface area contributed by atoms with E-state index >= 15 is 0 Å². The van der Waals surface area contributed by atoms with E-state index in [1.807, 2.05) is 19.2 Å². The molecule has 1 aromatic carbocycles. The maximum absolute atomic E-state index is 14.1. The molecule has 0 N–H and O–H groups in total. The van der Waals surface area contributed by atoms with Crippen molar-refractivity contribution in [3.63, 3.8) is 0 Å². The zero-order valence-corrected chi connectivity index (χ0v) is 15.2. The molecule has 3 heterocycles. The van der Waals surface area contributed by atoms with Crippen molar-refractivity contribution in [1.29, 1.82) is 0 Å². The van der Waals surface area contributed by atoms with Gasteiger partial charge in [0.25, 0.3) is 0 Å². The first-order valence-corrected chi connectivity index (χ1v) is 9.18. The number of hydrogen-bond donors (Lipinski definition) is 0. The zero-order chi connectivity index (χ0) is 18.8. The van der Waals surface area contributed by atoms with Crippen LogP contribution in [0.2, 0.25) is 0 Å². The third-order valence-electron chi connectivity index (χ3n) is 5.11. The number of aryl methyl sites for hydroxylation is 1. The van der Waals surface area contributed by atoms with Gasteiger partial charge in [-0.05, 0) is 50.1 Å². The number of oxazole rings is 1. The number of rotatable bonds is 4. The fourth-order valence-electron chi connectivity index (χ4n) is 3.68. The Morgan fingerprint density at radius 2 is 2.07 bits per heavy atom. The highest BCUT2D eigenvalue weighted by atomic mass is 19.2. The standard InChI is InChI=1S/C21H21F2N3O/c1-14-18(25-21(27-14)16-7-4-8-17(22)20(16)23)13-26-11-3-2-9-19(26)15-6-5-10-24-12-15/h4-8,10,12,19H,2-3,9,11,13H2,1H3/t19-/m0/s1. The number of aromatic nitrogens is 2. The molecule has 0 aliphatic carbocycles. The van der Waals surface area contributed by atoms with Crippen LogP contribution in [0.15, 0.2) is 47.1 Å². The molecule has 0 unspecified atom stereocenters. The van der Waals surface area contributed by atoms with Gasteiger partial charge in [-0.3, -0.25) is 9.88 Å². The van der Waals surface area contributed by atoms with Crippen LogP contribution in [0.5, 0.6) is 0 Å². The summed E-state index contributed by atoms with van der Waals surface area (Å²) in [4.78, 5) is 11.1. The molecule has 1 aliphatic heterocycles. The van der Waals surface area contributed by atoms with Crippen molar-refractivity contribution in [2.24, 2.45) is 0 Å². The largest absolute Gasteiger partial charge is 0.441 e. The lowest BCUT2D eigenvalue weighted by Gasteiger charge is -2.35. The Labute approximate surface area is 156 Å².